The van der Waals surface area contributed by atoms with Gasteiger partial charge < -0.3 is 15.4 Å². The molecule has 1 aromatic heterocycles. The number of pyridine rings is 1. The largest absolute Gasteiger partial charge is 0.494 e. The fourth-order valence-corrected chi connectivity index (χ4v) is 2.28. The van der Waals surface area contributed by atoms with Crippen molar-refractivity contribution in [1.29, 1.82) is 0 Å². The van der Waals surface area contributed by atoms with E-state index in [2.05, 4.69) is 46.6 Å². The predicted octanol–water partition coefficient (Wildman–Crippen LogP) is 2.96. The molecule has 25 heavy (non-hydrogen) atoms. The molecule has 2 N–H and O–H groups in total. The van der Waals surface area contributed by atoms with E-state index < -0.39 is 0 Å². The highest BCUT2D eigenvalue weighted by atomic mass is 16.5. The molecule has 0 spiro atoms. The number of rotatable bonds is 9. The standard InChI is InChI=1S/C20H28N4O/c1-3-21-20(24-15-12-18-7-4-5-13-22-18)23-14-6-16-25-19-10-8-17(2)9-11-19/h4-5,7-11,13H,3,6,12,14-16H2,1-2H3,(H2,21,23,24). The van der Waals surface area contributed by atoms with Crippen LogP contribution in [0.3, 0.4) is 0 Å². The highest BCUT2D eigenvalue weighted by Crippen LogP contribution is 2.11. The lowest BCUT2D eigenvalue weighted by atomic mass is 10.2. The van der Waals surface area contributed by atoms with Crippen LogP contribution in [0.2, 0.25) is 0 Å². The molecule has 0 radical (unpaired) electrons. The molecular weight excluding hydrogens is 312 g/mol. The van der Waals surface area contributed by atoms with E-state index in [0.29, 0.717) is 6.61 Å². The first-order chi connectivity index (χ1) is 12.3. The highest BCUT2D eigenvalue weighted by Gasteiger charge is 1.98. The maximum atomic E-state index is 5.72. The Hall–Kier alpha value is -2.56. The summed E-state index contributed by atoms with van der Waals surface area (Å²) in [6, 6.07) is 14.1. The number of benzene rings is 1. The zero-order valence-corrected chi connectivity index (χ0v) is 15.2. The third-order valence-corrected chi connectivity index (χ3v) is 3.61. The third-order valence-electron chi connectivity index (χ3n) is 3.61. The number of hydrogen-bond donors (Lipinski definition) is 2. The zero-order chi connectivity index (χ0) is 17.7. The number of aryl methyl sites for hydroxylation is 1. The summed E-state index contributed by atoms with van der Waals surface area (Å²) in [5, 5.41) is 6.60. The lowest BCUT2D eigenvalue weighted by Crippen LogP contribution is -2.38. The normalized spacial score (nSPS) is 11.2. The van der Waals surface area contributed by atoms with Gasteiger partial charge in [-0.25, -0.2) is 0 Å². The van der Waals surface area contributed by atoms with E-state index in [1.54, 1.807) is 0 Å². The molecule has 1 aromatic carbocycles. The Bertz CT molecular complexity index is 626. The summed E-state index contributed by atoms with van der Waals surface area (Å²) in [7, 11) is 0. The van der Waals surface area contributed by atoms with Gasteiger partial charge in [0.1, 0.15) is 5.75 Å². The molecule has 5 heteroatoms. The first-order valence-corrected chi connectivity index (χ1v) is 8.89. The van der Waals surface area contributed by atoms with E-state index in [1.165, 1.54) is 5.56 Å². The molecule has 0 unspecified atom stereocenters. The quantitative estimate of drug-likeness (QED) is 0.419. The molecule has 2 rings (SSSR count). The Morgan fingerprint density at radius 2 is 1.96 bits per heavy atom. The van der Waals surface area contributed by atoms with E-state index >= 15 is 0 Å². The van der Waals surface area contributed by atoms with Crippen molar-refractivity contribution in [3.63, 3.8) is 0 Å². The molecule has 134 valence electrons. The maximum Gasteiger partial charge on any atom is 0.191 e. The number of aliphatic imine (C=N–C) groups is 1. The average molecular weight is 340 g/mol. The number of nitrogens with zero attached hydrogens (tertiary/aromatic N) is 2. The van der Waals surface area contributed by atoms with Crippen LogP contribution in [-0.2, 0) is 6.42 Å². The molecule has 0 saturated heterocycles. The predicted molar refractivity (Wildman–Crippen MR) is 103 cm³/mol. The minimum absolute atomic E-state index is 0.667. The molecule has 0 bridgehead atoms. The van der Waals surface area contributed by atoms with E-state index in [0.717, 1.165) is 49.9 Å². The van der Waals surface area contributed by atoms with Crippen molar-refractivity contribution in [2.45, 2.75) is 26.7 Å². The Morgan fingerprint density at radius 3 is 2.68 bits per heavy atom. The summed E-state index contributed by atoms with van der Waals surface area (Å²) in [6.07, 6.45) is 3.58. The summed E-state index contributed by atoms with van der Waals surface area (Å²) in [4.78, 5) is 8.91. The topological polar surface area (TPSA) is 58.5 Å². The molecule has 0 aliphatic carbocycles. The van der Waals surface area contributed by atoms with Crippen LogP contribution in [0, 0.1) is 6.92 Å². The minimum Gasteiger partial charge on any atom is -0.494 e. The van der Waals surface area contributed by atoms with E-state index in [9.17, 15) is 0 Å². The van der Waals surface area contributed by atoms with Crippen LogP contribution >= 0.6 is 0 Å². The van der Waals surface area contributed by atoms with Gasteiger partial charge in [-0.3, -0.25) is 9.98 Å². The lowest BCUT2D eigenvalue weighted by molar-refractivity contribution is 0.313. The zero-order valence-electron chi connectivity index (χ0n) is 15.2. The monoisotopic (exact) mass is 340 g/mol. The number of hydrogen-bond acceptors (Lipinski definition) is 3. The van der Waals surface area contributed by atoms with Crippen LogP contribution in [0.1, 0.15) is 24.6 Å². The van der Waals surface area contributed by atoms with Gasteiger partial charge in [-0.2, -0.15) is 0 Å². The van der Waals surface area contributed by atoms with Gasteiger partial charge in [-0.1, -0.05) is 23.8 Å². The Labute approximate surface area is 150 Å². The molecule has 0 saturated carbocycles. The van der Waals surface area contributed by atoms with Crippen LogP contribution < -0.4 is 15.4 Å². The second-order valence-electron chi connectivity index (χ2n) is 5.77. The van der Waals surface area contributed by atoms with Crippen molar-refractivity contribution >= 4 is 5.96 Å². The average Bonchev–Trinajstić information content (AvgIpc) is 2.64. The molecule has 1 heterocycles. The molecule has 0 aliphatic rings. The van der Waals surface area contributed by atoms with Crippen LogP contribution in [0.5, 0.6) is 5.75 Å². The summed E-state index contributed by atoms with van der Waals surface area (Å²) in [6.45, 7) is 7.18. The number of ether oxygens (including phenoxy) is 1. The maximum absolute atomic E-state index is 5.72. The van der Waals surface area contributed by atoms with Gasteiger partial charge in [-0.15, -0.1) is 0 Å². The van der Waals surface area contributed by atoms with Crippen molar-refractivity contribution in [1.82, 2.24) is 15.6 Å². The van der Waals surface area contributed by atoms with Crippen molar-refractivity contribution in [2.75, 3.05) is 26.2 Å². The van der Waals surface area contributed by atoms with Gasteiger partial charge in [-0.05, 0) is 38.1 Å². The number of nitrogens with one attached hydrogen (secondary N) is 2. The fraction of sp³-hybridized carbons (Fsp3) is 0.400. The van der Waals surface area contributed by atoms with Crippen molar-refractivity contribution in [3.8, 4) is 5.75 Å². The SMILES string of the molecule is CCNC(=NCCCOc1ccc(C)cc1)NCCc1ccccn1. The highest BCUT2D eigenvalue weighted by molar-refractivity contribution is 5.79. The smallest absolute Gasteiger partial charge is 0.191 e. The number of guanidine groups is 1. The third kappa shape index (κ3) is 7.70. The van der Waals surface area contributed by atoms with Crippen molar-refractivity contribution in [2.24, 2.45) is 4.99 Å². The number of aromatic nitrogens is 1. The Morgan fingerprint density at radius 1 is 1.12 bits per heavy atom. The van der Waals surface area contributed by atoms with Gasteiger partial charge in [0.05, 0.1) is 6.61 Å². The molecule has 0 atom stereocenters. The summed E-state index contributed by atoms with van der Waals surface area (Å²) in [5.41, 5.74) is 2.32. The molecule has 0 amide bonds. The Kier molecular flexibility index (Phi) is 8.32. The first-order valence-electron chi connectivity index (χ1n) is 8.89. The van der Waals surface area contributed by atoms with Gasteiger partial charge >= 0.3 is 0 Å². The molecule has 2 aromatic rings. The minimum atomic E-state index is 0.667. The molecule has 5 nitrogen and oxygen atoms in total. The summed E-state index contributed by atoms with van der Waals surface area (Å²) < 4.78 is 5.72. The second-order valence-corrected chi connectivity index (χ2v) is 5.77. The van der Waals surface area contributed by atoms with Gasteiger partial charge in [0, 0.05) is 44.4 Å². The fourth-order valence-electron chi connectivity index (χ4n) is 2.28. The van der Waals surface area contributed by atoms with Crippen LogP contribution in [0.15, 0.2) is 53.7 Å². The molecule has 0 aliphatic heterocycles. The summed E-state index contributed by atoms with van der Waals surface area (Å²) >= 11 is 0. The molecule has 0 fully saturated rings. The van der Waals surface area contributed by atoms with Crippen LogP contribution in [0.25, 0.3) is 0 Å². The summed E-state index contributed by atoms with van der Waals surface area (Å²) in [5.74, 6) is 1.75. The lowest BCUT2D eigenvalue weighted by Gasteiger charge is -2.11. The first kappa shape index (κ1) is 18.8. The van der Waals surface area contributed by atoms with Gasteiger partial charge in [0.2, 0.25) is 0 Å². The molecular formula is C20H28N4O. The van der Waals surface area contributed by atoms with Crippen molar-refractivity contribution in [3.05, 3.63) is 59.9 Å². The van der Waals surface area contributed by atoms with Crippen molar-refractivity contribution < 1.29 is 4.74 Å². The van der Waals surface area contributed by atoms with Gasteiger partial charge in [0.25, 0.3) is 0 Å². The van der Waals surface area contributed by atoms with E-state index in [-0.39, 0.29) is 0 Å². The second kappa shape index (κ2) is 11.1. The Balaban J connectivity index is 1.66. The van der Waals surface area contributed by atoms with E-state index in [4.69, 9.17) is 4.74 Å². The van der Waals surface area contributed by atoms with E-state index in [1.807, 2.05) is 36.5 Å². The van der Waals surface area contributed by atoms with Gasteiger partial charge in [0.15, 0.2) is 5.96 Å². The van der Waals surface area contributed by atoms with Crippen LogP contribution in [-0.4, -0.2) is 37.2 Å². The van der Waals surface area contributed by atoms with Crippen LogP contribution in [0.4, 0.5) is 0 Å².